The Morgan fingerprint density at radius 1 is 1.26 bits per heavy atom. The summed E-state index contributed by atoms with van der Waals surface area (Å²) < 4.78 is 32.5. The number of carbonyl (C=O) groups excluding carboxylic acids is 1. The summed E-state index contributed by atoms with van der Waals surface area (Å²) in [6, 6.07) is 6.10. The first-order valence-corrected chi connectivity index (χ1v) is 7.19. The highest BCUT2D eigenvalue weighted by Crippen LogP contribution is 2.25. The van der Waals surface area contributed by atoms with Crippen LogP contribution >= 0.6 is 11.6 Å². The fourth-order valence-corrected chi connectivity index (χ4v) is 2.26. The molecule has 1 aromatic heterocycles. The molecular formula is C15H12ClF2N3O2. The van der Waals surface area contributed by atoms with E-state index in [-0.39, 0.29) is 19.2 Å². The van der Waals surface area contributed by atoms with Gasteiger partial charge in [0, 0.05) is 6.20 Å². The molecule has 2 aromatic rings. The summed E-state index contributed by atoms with van der Waals surface area (Å²) >= 11 is 5.93. The van der Waals surface area contributed by atoms with Gasteiger partial charge >= 0.3 is 6.03 Å². The van der Waals surface area contributed by atoms with Gasteiger partial charge in [-0.25, -0.2) is 18.6 Å². The monoisotopic (exact) mass is 339 g/mol. The van der Waals surface area contributed by atoms with Gasteiger partial charge in [-0.3, -0.25) is 0 Å². The number of nitrogens with one attached hydrogen (secondary N) is 1. The number of benzene rings is 1. The maximum Gasteiger partial charge on any atom is 0.322 e. The second-order valence-electron chi connectivity index (χ2n) is 4.96. The molecule has 0 aliphatic carbocycles. The van der Waals surface area contributed by atoms with Crippen LogP contribution in [0.3, 0.4) is 0 Å². The van der Waals surface area contributed by atoms with Gasteiger partial charge in [-0.15, -0.1) is 0 Å². The van der Waals surface area contributed by atoms with Crippen molar-refractivity contribution in [2.45, 2.75) is 6.10 Å². The van der Waals surface area contributed by atoms with Gasteiger partial charge in [-0.05, 0) is 24.3 Å². The van der Waals surface area contributed by atoms with E-state index in [1.165, 1.54) is 11.0 Å². The van der Waals surface area contributed by atoms with Crippen molar-refractivity contribution in [1.82, 2.24) is 9.88 Å². The molecule has 1 saturated heterocycles. The summed E-state index contributed by atoms with van der Waals surface area (Å²) in [5.74, 6) is -1.36. The number of aromatic nitrogens is 1. The van der Waals surface area contributed by atoms with Gasteiger partial charge in [0.05, 0.1) is 13.1 Å². The minimum atomic E-state index is -0.827. The number of hydrogen-bond acceptors (Lipinski definition) is 3. The number of carbonyl (C=O) groups is 1. The van der Waals surface area contributed by atoms with Crippen LogP contribution in [0, 0.1) is 11.6 Å². The largest absolute Gasteiger partial charge is 0.470 e. The Kier molecular flexibility index (Phi) is 4.29. The van der Waals surface area contributed by atoms with Crippen LogP contribution < -0.4 is 10.1 Å². The molecule has 1 aliphatic rings. The molecule has 1 aliphatic heterocycles. The minimum absolute atomic E-state index is 0.265. The molecule has 2 heterocycles. The summed E-state index contributed by atoms with van der Waals surface area (Å²) in [4.78, 5) is 17.3. The first-order valence-electron chi connectivity index (χ1n) is 6.81. The lowest BCUT2D eigenvalue weighted by Gasteiger charge is -2.38. The Morgan fingerprint density at radius 3 is 2.61 bits per heavy atom. The fraction of sp³-hybridized carbons (Fsp3) is 0.200. The molecular weight excluding hydrogens is 328 g/mol. The minimum Gasteiger partial charge on any atom is -0.470 e. The number of halogens is 3. The van der Waals surface area contributed by atoms with Gasteiger partial charge in [0.15, 0.2) is 0 Å². The highest BCUT2D eigenvalue weighted by molar-refractivity contribution is 6.31. The lowest BCUT2D eigenvalue weighted by Crippen LogP contribution is -2.57. The number of anilines is 1. The average Bonchev–Trinajstić information content (AvgIpc) is 2.48. The van der Waals surface area contributed by atoms with E-state index < -0.39 is 23.4 Å². The maximum atomic E-state index is 13.5. The lowest BCUT2D eigenvalue weighted by molar-refractivity contribution is 0.0461. The molecule has 2 amide bonds. The Labute approximate surface area is 135 Å². The third kappa shape index (κ3) is 3.34. The number of para-hydroxylation sites is 1. The van der Waals surface area contributed by atoms with Gasteiger partial charge in [0.25, 0.3) is 0 Å². The lowest BCUT2D eigenvalue weighted by atomic mass is 10.2. The number of urea groups is 1. The van der Waals surface area contributed by atoms with Crippen molar-refractivity contribution in [3.8, 4) is 5.88 Å². The Morgan fingerprint density at radius 2 is 1.96 bits per heavy atom. The third-order valence-electron chi connectivity index (χ3n) is 3.33. The van der Waals surface area contributed by atoms with Crippen molar-refractivity contribution in [1.29, 1.82) is 0 Å². The summed E-state index contributed by atoms with van der Waals surface area (Å²) in [7, 11) is 0. The zero-order valence-corrected chi connectivity index (χ0v) is 12.6. The predicted molar refractivity (Wildman–Crippen MR) is 80.6 cm³/mol. The number of rotatable bonds is 3. The fourth-order valence-electron chi connectivity index (χ4n) is 2.10. The van der Waals surface area contributed by atoms with E-state index in [0.717, 1.165) is 12.1 Å². The Hall–Kier alpha value is -2.41. The van der Waals surface area contributed by atoms with Crippen LogP contribution in [0.1, 0.15) is 0 Å². The van der Waals surface area contributed by atoms with Crippen molar-refractivity contribution in [3.63, 3.8) is 0 Å². The van der Waals surface area contributed by atoms with Crippen molar-refractivity contribution >= 4 is 23.3 Å². The summed E-state index contributed by atoms with van der Waals surface area (Å²) in [5, 5.41) is 2.59. The summed E-state index contributed by atoms with van der Waals surface area (Å²) in [6.45, 7) is 0.545. The molecule has 23 heavy (non-hydrogen) atoms. The smallest absolute Gasteiger partial charge is 0.322 e. The molecule has 1 N–H and O–H groups in total. The van der Waals surface area contributed by atoms with Gasteiger partial charge in [0.2, 0.25) is 5.88 Å². The molecule has 0 bridgehead atoms. The number of likely N-dealkylation sites (tertiary alicyclic amines) is 1. The highest BCUT2D eigenvalue weighted by atomic mass is 35.5. The zero-order valence-electron chi connectivity index (χ0n) is 11.8. The van der Waals surface area contributed by atoms with Crippen LogP contribution in [0.2, 0.25) is 5.02 Å². The standard InChI is InChI=1S/C15H12ClF2N3O2/c16-10-3-2-6-19-14(10)23-9-7-21(8-9)15(22)20-13-11(17)4-1-5-12(13)18/h1-6,9H,7-8H2,(H,20,22). The van der Waals surface area contributed by atoms with Crippen LogP contribution in [-0.4, -0.2) is 35.1 Å². The maximum absolute atomic E-state index is 13.5. The van der Waals surface area contributed by atoms with E-state index in [1.54, 1.807) is 18.3 Å². The molecule has 1 fully saturated rings. The van der Waals surface area contributed by atoms with E-state index in [9.17, 15) is 13.6 Å². The first-order chi connectivity index (χ1) is 11.0. The van der Waals surface area contributed by atoms with Crippen LogP contribution in [0.15, 0.2) is 36.5 Å². The first kappa shape index (κ1) is 15.5. The van der Waals surface area contributed by atoms with E-state index in [0.29, 0.717) is 10.9 Å². The van der Waals surface area contributed by atoms with E-state index in [1.807, 2.05) is 0 Å². The van der Waals surface area contributed by atoms with Crippen molar-refractivity contribution in [2.24, 2.45) is 0 Å². The molecule has 3 rings (SSSR count). The van der Waals surface area contributed by atoms with E-state index in [4.69, 9.17) is 16.3 Å². The molecule has 1 aromatic carbocycles. The quantitative estimate of drug-likeness (QED) is 0.933. The molecule has 120 valence electrons. The molecule has 5 nitrogen and oxygen atoms in total. The molecule has 8 heteroatoms. The molecule has 0 unspecified atom stereocenters. The average molecular weight is 340 g/mol. The summed E-state index contributed by atoms with van der Waals surface area (Å²) in [5.41, 5.74) is -0.463. The number of nitrogens with zero attached hydrogens (tertiary/aromatic N) is 2. The molecule has 0 spiro atoms. The molecule has 0 saturated carbocycles. The highest BCUT2D eigenvalue weighted by Gasteiger charge is 2.33. The van der Waals surface area contributed by atoms with Crippen LogP contribution in [0.4, 0.5) is 19.3 Å². The number of ether oxygens (including phenoxy) is 1. The van der Waals surface area contributed by atoms with Crippen molar-refractivity contribution in [2.75, 3.05) is 18.4 Å². The normalized spacial score (nSPS) is 14.3. The summed E-state index contributed by atoms with van der Waals surface area (Å²) in [6.07, 6.45) is 1.28. The van der Waals surface area contributed by atoms with Crippen LogP contribution in [0.5, 0.6) is 5.88 Å². The predicted octanol–water partition coefficient (Wildman–Crippen LogP) is 3.31. The van der Waals surface area contributed by atoms with Crippen molar-refractivity contribution < 1.29 is 18.3 Å². The van der Waals surface area contributed by atoms with E-state index >= 15 is 0 Å². The molecule has 0 atom stereocenters. The topological polar surface area (TPSA) is 54.5 Å². The van der Waals surface area contributed by atoms with Gasteiger partial charge in [-0.1, -0.05) is 17.7 Å². The third-order valence-corrected chi connectivity index (χ3v) is 3.62. The number of amides is 2. The van der Waals surface area contributed by atoms with Crippen LogP contribution in [0.25, 0.3) is 0 Å². The van der Waals surface area contributed by atoms with Crippen molar-refractivity contribution in [3.05, 3.63) is 53.2 Å². The van der Waals surface area contributed by atoms with Gasteiger partial charge < -0.3 is 15.0 Å². The van der Waals surface area contributed by atoms with Gasteiger partial charge in [0.1, 0.15) is 28.4 Å². The van der Waals surface area contributed by atoms with Crippen LogP contribution in [-0.2, 0) is 0 Å². The van der Waals surface area contributed by atoms with Gasteiger partial charge in [-0.2, -0.15) is 0 Å². The van der Waals surface area contributed by atoms with E-state index in [2.05, 4.69) is 10.3 Å². The number of pyridine rings is 1. The number of hydrogen-bond donors (Lipinski definition) is 1. The SMILES string of the molecule is O=C(Nc1c(F)cccc1F)N1CC(Oc2ncccc2Cl)C1. The Bertz CT molecular complexity index is 718. The Balaban J connectivity index is 1.55. The second-order valence-corrected chi connectivity index (χ2v) is 5.37. The molecule has 0 radical (unpaired) electrons. The second kappa shape index (κ2) is 6.37. The zero-order chi connectivity index (χ0) is 16.4.